The molecule has 1 unspecified atom stereocenters. The van der Waals surface area contributed by atoms with E-state index in [0.29, 0.717) is 12.2 Å². The van der Waals surface area contributed by atoms with Crippen LogP contribution < -0.4 is 5.32 Å². The first kappa shape index (κ1) is 17.0. The van der Waals surface area contributed by atoms with Gasteiger partial charge < -0.3 is 10.2 Å². The Morgan fingerprint density at radius 1 is 1.45 bits per heavy atom. The maximum atomic E-state index is 12.3. The van der Waals surface area contributed by atoms with Crippen molar-refractivity contribution in [2.24, 2.45) is 7.05 Å². The van der Waals surface area contributed by atoms with Gasteiger partial charge in [-0.05, 0) is 13.0 Å². The van der Waals surface area contributed by atoms with Crippen molar-refractivity contribution in [2.75, 3.05) is 30.4 Å². The molecule has 0 aromatic carbocycles. The minimum atomic E-state index is -3.04. The first-order valence-electron chi connectivity index (χ1n) is 7.42. The molecule has 124 valence electrons. The maximum Gasteiger partial charge on any atom is 0.226 e. The van der Waals surface area contributed by atoms with E-state index in [-0.39, 0.29) is 35.8 Å². The van der Waals surface area contributed by atoms with Gasteiger partial charge in [-0.15, -0.1) is 0 Å². The van der Waals surface area contributed by atoms with Crippen LogP contribution in [0.2, 0.25) is 0 Å². The Hall–Kier alpha value is -1.41. The molecule has 1 aromatic heterocycles. The Morgan fingerprint density at radius 2 is 2.14 bits per heavy atom. The molecule has 1 aromatic rings. The average Bonchev–Trinajstić information content (AvgIpc) is 2.74. The molecule has 0 spiro atoms. The van der Waals surface area contributed by atoms with Crippen LogP contribution >= 0.6 is 0 Å². The predicted octanol–water partition coefficient (Wildman–Crippen LogP) is 0.601. The molecule has 1 atom stereocenters. The molecule has 1 aliphatic heterocycles. The summed E-state index contributed by atoms with van der Waals surface area (Å²) in [5, 5.41) is 7.21. The summed E-state index contributed by atoms with van der Waals surface area (Å²) in [6.07, 6.45) is 1.94. The van der Waals surface area contributed by atoms with Crippen LogP contribution in [-0.2, 0) is 21.7 Å². The summed E-state index contributed by atoms with van der Waals surface area (Å²) in [6, 6.07) is -0.266. The highest BCUT2D eigenvalue weighted by Crippen LogP contribution is 2.22. The summed E-state index contributed by atoms with van der Waals surface area (Å²) in [4.78, 5) is 14.2. The number of hydrogen-bond donors (Lipinski definition) is 1. The highest BCUT2D eigenvalue weighted by Gasteiger charge is 2.30. The van der Waals surface area contributed by atoms with Crippen molar-refractivity contribution >= 4 is 21.4 Å². The zero-order valence-corrected chi connectivity index (χ0v) is 14.4. The fourth-order valence-corrected chi connectivity index (χ4v) is 4.32. The van der Waals surface area contributed by atoms with Gasteiger partial charge in [-0.3, -0.25) is 9.48 Å². The second kappa shape index (κ2) is 6.37. The van der Waals surface area contributed by atoms with Gasteiger partial charge in [-0.1, -0.05) is 13.8 Å². The fourth-order valence-electron chi connectivity index (χ4n) is 2.63. The number of carbonyl (C=O) groups is 1. The van der Waals surface area contributed by atoms with E-state index in [9.17, 15) is 13.2 Å². The molecule has 1 aliphatic rings. The largest absolute Gasteiger partial charge is 0.323 e. The number of aromatic nitrogens is 2. The van der Waals surface area contributed by atoms with Gasteiger partial charge in [0.05, 0.1) is 22.9 Å². The van der Waals surface area contributed by atoms with Gasteiger partial charge in [-0.25, -0.2) is 8.42 Å². The van der Waals surface area contributed by atoms with Gasteiger partial charge in [0.25, 0.3) is 0 Å². The number of nitrogens with one attached hydrogen (secondary N) is 1. The van der Waals surface area contributed by atoms with Crippen LogP contribution in [0.1, 0.15) is 31.9 Å². The lowest BCUT2D eigenvalue weighted by molar-refractivity contribution is -0.117. The highest BCUT2D eigenvalue weighted by molar-refractivity contribution is 7.91. The molecular weight excluding hydrogens is 304 g/mol. The lowest BCUT2D eigenvalue weighted by atomic mass is 10.1. The third-order valence-electron chi connectivity index (χ3n) is 3.92. The number of hydrogen-bond acceptors (Lipinski definition) is 5. The molecule has 0 saturated carbocycles. The van der Waals surface area contributed by atoms with E-state index in [4.69, 9.17) is 0 Å². The van der Waals surface area contributed by atoms with E-state index in [0.717, 1.165) is 5.69 Å². The Morgan fingerprint density at radius 3 is 2.77 bits per heavy atom. The quantitative estimate of drug-likeness (QED) is 0.875. The maximum absolute atomic E-state index is 12.3. The highest BCUT2D eigenvalue weighted by atomic mass is 32.2. The smallest absolute Gasteiger partial charge is 0.226 e. The molecule has 1 N–H and O–H groups in total. The third-order valence-corrected chi connectivity index (χ3v) is 5.62. The van der Waals surface area contributed by atoms with Crippen LogP contribution in [0.5, 0.6) is 0 Å². The van der Waals surface area contributed by atoms with E-state index in [1.807, 2.05) is 32.8 Å². The standard InChI is InChI=1S/C14H24N4O3S/c1-10(2)14-12(8-18(4)16-14)15-13(19)7-11-9-22(20,21)6-5-17(11)3/h8,10-11H,5-7,9H2,1-4H3,(H,15,19). The summed E-state index contributed by atoms with van der Waals surface area (Å²) < 4.78 is 25.1. The summed E-state index contributed by atoms with van der Waals surface area (Å²) in [5.74, 6) is 0.237. The van der Waals surface area contributed by atoms with Crippen molar-refractivity contribution in [1.29, 1.82) is 0 Å². The summed E-state index contributed by atoms with van der Waals surface area (Å²) in [7, 11) is 0.627. The molecule has 7 nitrogen and oxygen atoms in total. The molecular formula is C14H24N4O3S. The van der Waals surface area contributed by atoms with Crippen LogP contribution in [0.3, 0.4) is 0 Å². The number of amides is 1. The van der Waals surface area contributed by atoms with Crippen LogP contribution in [-0.4, -0.2) is 60.1 Å². The van der Waals surface area contributed by atoms with Gasteiger partial charge in [-0.2, -0.15) is 5.10 Å². The normalized spacial score (nSPS) is 22.0. The number of aryl methyl sites for hydroxylation is 1. The summed E-state index contributed by atoms with van der Waals surface area (Å²) in [5.41, 5.74) is 1.53. The average molecular weight is 328 g/mol. The first-order chi connectivity index (χ1) is 10.2. The fraction of sp³-hybridized carbons (Fsp3) is 0.714. The molecule has 1 fully saturated rings. The molecule has 22 heavy (non-hydrogen) atoms. The van der Waals surface area contributed by atoms with Gasteiger partial charge in [0.2, 0.25) is 5.91 Å². The molecule has 0 radical (unpaired) electrons. The van der Waals surface area contributed by atoms with Gasteiger partial charge >= 0.3 is 0 Å². The SMILES string of the molecule is CC(C)c1nn(C)cc1NC(=O)CC1CS(=O)(=O)CCN1C. The van der Waals surface area contributed by atoms with E-state index in [1.165, 1.54) is 0 Å². The van der Waals surface area contributed by atoms with Crippen molar-refractivity contribution in [3.8, 4) is 0 Å². The van der Waals surface area contributed by atoms with Crippen molar-refractivity contribution in [3.05, 3.63) is 11.9 Å². The van der Waals surface area contributed by atoms with E-state index < -0.39 is 9.84 Å². The predicted molar refractivity (Wildman–Crippen MR) is 85.6 cm³/mol. The molecule has 1 saturated heterocycles. The van der Waals surface area contributed by atoms with E-state index >= 15 is 0 Å². The first-order valence-corrected chi connectivity index (χ1v) is 9.24. The number of nitrogens with zero attached hydrogens (tertiary/aromatic N) is 3. The van der Waals surface area contributed by atoms with E-state index in [2.05, 4.69) is 10.4 Å². The Bertz CT molecular complexity index is 651. The Balaban J connectivity index is 2.04. The number of rotatable bonds is 4. The number of carbonyl (C=O) groups excluding carboxylic acids is 1. The molecule has 1 amide bonds. The minimum absolute atomic E-state index is 0.0427. The second-order valence-electron chi connectivity index (χ2n) is 6.26. The Labute approximate surface area is 131 Å². The van der Waals surface area contributed by atoms with Crippen LogP contribution in [0, 0.1) is 0 Å². The molecule has 8 heteroatoms. The molecule has 2 rings (SSSR count). The molecule has 0 bridgehead atoms. The zero-order chi connectivity index (χ0) is 16.5. The monoisotopic (exact) mass is 328 g/mol. The topological polar surface area (TPSA) is 84.3 Å². The number of anilines is 1. The van der Waals surface area contributed by atoms with Crippen LogP contribution in [0.4, 0.5) is 5.69 Å². The Kier molecular flexibility index (Phi) is 4.91. The van der Waals surface area contributed by atoms with Crippen molar-refractivity contribution in [2.45, 2.75) is 32.2 Å². The van der Waals surface area contributed by atoms with Gasteiger partial charge in [0, 0.05) is 32.3 Å². The van der Waals surface area contributed by atoms with Crippen LogP contribution in [0.15, 0.2) is 6.20 Å². The lowest BCUT2D eigenvalue weighted by Gasteiger charge is -2.31. The molecule has 2 heterocycles. The minimum Gasteiger partial charge on any atom is -0.323 e. The summed E-state index contributed by atoms with van der Waals surface area (Å²) >= 11 is 0. The van der Waals surface area contributed by atoms with Crippen molar-refractivity contribution in [1.82, 2.24) is 14.7 Å². The molecule has 0 aliphatic carbocycles. The van der Waals surface area contributed by atoms with E-state index in [1.54, 1.807) is 10.9 Å². The summed E-state index contributed by atoms with van der Waals surface area (Å²) in [6.45, 7) is 4.50. The van der Waals surface area contributed by atoms with Gasteiger partial charge in [0.1, 0.15) is 0 Å². The van der Waals surface area contributed by atoms with Crippen molar-refractivity contribution in [3.63, 3.8) is 0 Å². The number of sulfone groups is 1. The third kappa shape index (κ3) is 4.07. The lowest BCUT2D eigenvalue weighted by Crippen LogP contribution is -2.47. The zero-order valence-electron chi connectivity index (χ0n) is 13.5. The van der Waals surface area contributed by atoms with Crippen LogP contribution in [0.25, 0.3) is 0 Å². The van der Waals surface area contributed by atoms with Gasteiger partial charge in [0.15, 0.2) is 9.84 Å². The van der Waals surface area contributed by atoms with Crippen molar-refractivity contribution < 1.29 is 13.2 Å². The second-order valence-corrected chi connectivity index (χ2v) is 8.49.